The van der Waals surface area contributed by atoms with Crippen LogP contribution < -0.4 is 10.6 Å². The van der Waals surface area contributed by atoms with Crippen LogP contribution in [0.5, 0.6) is 0 Å². The molecule has 0 aliphatic heterocycles. The Morgan fingerprint density at radius 3 is 1.67 bits per heavy atom. The van der Waals surface area contributed by atoms with Crippen molar-refractivity contribution in [2.45, 2.75) is 6.42 Å². The van der Waals surface area contributed by atoms with Crippen molar-refractivity contribution in [2.24, 2.45) is 0 Å². The molecule has 0 N–H and O–H groups in total. The molecular weight excluding hydrogens is 234 g/mol. The quantitative estimate of drug-likeness (QED) is 0.434. The Balaban J connectivity index is 0.00000162. The van der Waals surface area contributed by atoms with E-state index in [0.29, 0.717) is 0 Å². The van der Waals surface area contributed by atoms with Crippen LogP contribution >= 0.6 is 7.92 Å². The molecule has 0 bridgehead atoms. The van der Waals surface area contributed by atoms with Gasteiger partial charge in [-0.3, -0.25) is 0 Å². The van der Waals surface area contributed by atoms with Crippen LogP contribution in [0.3, 0.4) is 0 Å². The van der Waals surface area contributed by atoms with Gasteiger partial charge in [-0.25, -0.2) is 0 Å². The van der Waals surface area contributed by atoms with Crippen LogP contribution in [0, 0.1) is 0 Å². The van der Waals surface area contributed by atoms with Gasteiger partial charge in [-0.2, -0.15) is 0 Å². The smallest absolute Gasteiger partial charge is 0 e. The van der Waals surface area contributed by atoms with Crippen LogP contribution in [0.4, 0.5) is 0 Å². The van der Waals surface area contributed by atoms with Gasteiger partial charge in [0.25, 0.3) is 0 Å². The van der Waals surface area contributed by atoms with E-state index in [4.69, 9.17) is 0 Å². The second kappa shape index (κ2) is 7.90. The van der Waals surface area contributed by atoms with Gasteiger partial charge in [-0.05, 0) is 31.1 Å². The molecule has 0 heterocycles. The number of hydrogen-bond donors (Lipinski definition) is 0. The molecule has 0 saturated carbocycles. The van der Waals surface area contributed by atoms with Gasteiger partial charge in [0, 0.05) is 8.41 Å². The summed E-state index contributed by atoms with van der Waals surface area (Å²) in [5.41, 5.74) is 0. The third-order valence-electron chi connectivity index (χ3n) is 2.69. The molecule has 0 unspecified atom stereocenters. The first-order chi connectivity index (χ1) is 8.42. The Bertz CT molecular complexity index is 414. The minimum absolute atomic E-state index is 0. The molecule has 2 rings (SSSR count). The summed E-state index contributed by atoms with van der Waals surface area (Å²) in [4.78, 5) is 0. The minimum Gasteiger partial charge on any atom is -0.103 e. The predicted octanol–water partition coefficient (Wildman–Crippen LogP) is 3.31. The molecule has 2 heteroatoms. The van der Waals surface area contributed by atoms with Crippen LogP contribution in [0.2, 0.25) is 0 Å². The fourth-order valence-electron chi connectivity index (χ4n) is 1.84. The van der Waals surface area contributed by atoms with E-state index in [9.17, 15) is 0 Å². The maximum absolute atomic E-state index is 3.83. The van der Waals surface area contributed by atoms with Crippen molar-refractivity contribution in [3.63, 3.8) is 0 Å². The van der Waals surface area contributed by atoms with Crippen molar-refractivity contribution < 1.29 is 0 Å². The molecule has 0 aliphatic rings. The lowest BCUT2D eigenvalue weighted by atomic mass is 10.4. The van der Waals surface area contributed by atoms with E-state index in [-0.39, 0.29) is 16.3 Å². The summed E-state index contributed by atoms with van der Waals surface area (Å²) in [5, 5.41) is 2.91. The average molecular weight is 251 g/mol. The number of hydrogen-bond acceptors (Lipinski definition) is 0. The van der Waals surface area contributed by atoms with Crippen molar-refractivity contribution in [3.05, 3.63) is 73.3 Å². The van der Waals surface area contributed by atoms with Gasteiger partial charge in [0.1, 0.15) is 0 Å². The highest BCUT2D eigenvalue weighted by Gasteiger charge is 2.11. The first-order valence-corrected chi connectivity index (χ1v) is 7.43. The van der Waals surface area contributed by atoms with Crippen LogP contribution in [0.25, 0.3) is 0 Å². The first kappa shape index (κ1) is 14.7. The fraction of sp³-hybridized carbons (Fsp3) is 0.125. The summed E-state index contributed by atoms with van der Waals surface area (Å²) in [7, 11) is -0.228. The van der Waals surface area contributed by atoms with Crippen LogP contribution in [0.15, 0.2) is 73.3 Å². The van der Waals surface area contributed by atoms with Gasteiger partial charge < -0.3 is 0 Å². The second-order valence-electron chi connectivity index (χ2n) is 3.90. The topological polar surface area (TPSA) is 0 Å². The standard InChI is InChI=1S/C16H17P.B/c1-2-3-14-17(15-10-6-4-7-11-15)16-12-8-5-9-13-16;/h2,4-13H,1,3,14H2;. The summed E-state index contributed by atoms with van der Waals surface area (Å²) in [6.45, 7) is 3.83. The predicted molar refractivity (Wildman–Crippen MR) is 84.5 cm³/mol. The van der Waals surface area contributed by atoms with E-state index < -0.39 is 0 Å². The maximum atomic E-state index is 3.83. The van der Waals surface area contributed by atoms with Gasteiger partial charge >= 0.3 is 0 Å². The Morgan fingerprint density at radius 2 is 1.28 bits per heavy atom. The molecule has 89 valence electrons. The molecule has 18 heavy (non-hydrogen) atoms. The molecule has 0 fully saturated rings. The Hall–Kier alpha value is -1.33. The fourth-order valence-corrected chi connectivity index (χ4v) is 4.16. The summed E-state index contributed by atoms with van der Waals surface area (Å²) in [5.74, 6) is 0. The zero-order chi connectivity index (χ0) is 11.9. The Labute approximate surface area is 113 Å². The van der Waals surface area contributed by atoms with Crippen LogP contribution in [-0.4, -0.2) is 14.6 Å². The molecule has 0 amide bonds. The number of benzene rings is 2. The summed E-state index contributed by atoms with van der Waals surface area (Å²) >= 11 is 0. The minimum atomic E-state index is -0.228. The SMILES string of the molecule is C=CCCP(c1ccccc1)c1ccccc1.[B]. The van der Waals surface area contributed by atoms with E-state index in [2.05, 4.69) is 67.2 Å². The normalized spacial score (nSPS) is 9.83. The van der Waals surface area contributed by atoms with E-state index >= 15 is 0 Å². The van der Waals surface area contributed by atoms with Crippen LogP contribution in [0.1, 0.15) is 6.42 Å². The Morgan fingerprint density at radius 1 is 0.833 bits per heavy atom. The lowest BCUT2D eigenvalue weighted by Gasteiger charge is -2.17. The zero-order valence-corrected chi connectivity index (χ0v) is 11.4. The average Bonchev–Trinajstić information content (AvgIpc) is 2.42. The molecule has 0 aliphatic carbocycles. The van der Waals surface area contributed by atoms with Gasteiger partial charge in [0.15, 0.2) is 0 Å². The largest absolute Gasteiger partial charge is 0.103 e. The molecule has 0 nitrogen and oxygen atoms in total. The number of rotatable bonds is 5. The van der Waals surface area contributed by atoms with E-state index in [1.54, 1.807) is 0 Å². The molecule has 3 radical (unpaired) electrons. The van der Waals surface area contributed by atoms with Gasteiger partial charge in [0.05, 0.1) is 0 Å². The van der Waals surface area contributed by atoms with Crippen molar-refractivity contribution in [1.29, 1.82) is 0 Å². The summed E-state index contributed by atoms with van der Waals surface area (Å²) in [6, 6.07) is 21.6. The molecular formula is C16H17BP. The van der Waals surface area contributed by atoms with Gasteiger partial charge in [0.2, 0.25) is 0 Å². The number of allylic oxidation sites excluding steroid dienone is 1. The molecule has 0 atom stereocenters. The highest BCUT2D eigenvalue weighted by atomic mass is 31.1. The second-order valence-corrected chi connectivity index (χ2v) is 6.24. The zero-order valence-electron chi connectivity index (χ0n) is 10.5. The van der Waals surface area contributed by atoms with Crippen molar-refractivity contribution >= 4 is 26.9 Å². The Kier molecular flexibility index (Phi) is 6.46. The third-order valence-corrected chi connectivity index (χ3v) is 5.24. The van der Waals surface area contributed by atoms with Gasteiger partial charge in [-0.1, -0.05) is 66.7 Å². The van der Waals surface area contributed by atoms with Crippen molar-refractivity contribution in [1.82, 2.24) is 0 Å². The molecule has 2 aromatic carbocycles. The molecule has 2 aromatic rings. The van der Waals surface area contributed by atoms with Gasteiger partial charge in [-0.15, -0.1) is 6.58 Å². The highest BCUT2D eigenvalue weighted by molar-refractivity contribution is 7.73. The van der Waals surface area contributed by atoms with Crippen molar-refractivity contribution in [3.8, 4) is 0 Å². The molecule has 0 saturated heterocycles. The first-order valence-electron chi connectivity index (χ1n) is 5.90. The molecule has 0 spiro atoms. The lowest BCUT2D eigenvalue weighted by molar-refractivity contribution is 1.24. The van der Waals surface area contributed by atoms with E-state index in [1.165, 1.54) is 16.8 Å². The summed E-state index contributed by atoms with van der Waals surface area (Å²) < 4.78 is 0. The highest BCUT2D eigenvalue weighted by Crippen LogP contribution is 2.33. The third kappa shape index (κ3) is 3.86. The lowest BCUT2D eigenvalue weighted by Crippen LogP contribution is -2.13. The van der Waals surface area contributed by atoms with Crippen LogP contribution in [-0.2, 0) is 0 Å². The van der Waals surface area contributed by atoms with E-state index in [1.807, 2.05) is 6.08 Å². The van der Waals surface area contributed by atoms with Crippen molar-refractivity contribution in [2.75, 3.05) is 6.16 Å². The molecule has 0 aromatic heterocycles. The monoisotopic (exact) mass is 251 g/mol. The maximum Gasteiger partial charge on any atom is 0 e. The van der Waals surface area contributed by atoms with E-state index in [0.717, 1.165) is 6.42 Å². The summed E-state index contributed by atoms with van der Waals surface area (Å²) in [6.07, 6.45) is 4.28.